The van der Waals surface area contributed by atoms with Crippen LogP contribution in [0.15, 0.2) is 18.2 Å². The Morgan fingerprint density at radius 3 is 2.47 bits per heavy atom. The van der Waals surface area contributed by atoms with Gasteiger partial charge in [0.2, 0.25) is 0 Å². The largest absolute Gasteiger partial charge is 0.481 e. The quantitative estimate of drug-likeness (QED) is 0.899. The van der Waals surface area contributed by atoms with Crippen LogP contribution in [0.25, 0.3) is 0 Å². The van der Waals surface area contributed by atoms with Gasteiger partial charge in [-0.2, -0.15) is 0 Å². The Kier molecular flexibility index (Phi) is 3.79. The first kappa shape index (κ1) is 12.5. The monoisotopic (exact) mass is 273 g/mol. The number of anilines is 1. The Morgan fingerprint density at radius 2 is 1.94 bits per heavy atom. The number of carboxylic acid groups (broad SMARTS) is 1. The summed E-state index contributed by atoms with van der Waals surface area (Å²) in [6.45, 7) is 1.44. The lowest BCUT2D eigenvalue weighted by Gasteiger charge is -2.32. The summed E-state index contributed by atoms with van der Waals surface area (Å²) in [6.07, 6.45) is 1.32. The highest BCUT2D eigenvalue weighted by atomic mass is 35.5. The van der Waals surface area contributed by atoms with E-state index < -0.39 is 5.97 Å². The van der Waals surface area contributed by atoms with E-state index in [9.17, 15) is 4.79 Å². The van der Waals surface area contributed by atoms with Crippen LogP contribution in [0.5, 0.6) is 0 Å². The fourth-order valence-electron chi connectivity index (χ4n) is 2.11. The maximum absolute atomic E-state index is 10.8. The molecule has 1 aromatic rings. The molecule has 0 atom stereocenters. The van der Waals surface area contributed by atoms with Gasteiger partial charge in [0.1, 0.15) is 0 Å². The molecule has 1 aromatic carbocycles. The lowest BCUT2D eigenvalue weighted by Crippen LogP contribution is -2.36. The van der Waals surface area contributed by atoms with E-state index in [1.807, 2.05) is 6.07 Å². The summed E-state index contributed by atoms with van der Waals surface area (Å²) in [5, 5.41) is 10.2. The predicted octanol–water partition coefficient (Wildman–Crippen LogP) is 3.29. The molecule has 0 aromatic heterocycles. The standard InChI is InChI=1S/C12H13Cl2NO2/c13-9-1-2-11(10(14)7-9)15-5-3-8(4-6-15)12(16)17/h1-2,7-8H,3-6H2,(H,16,17). The zero-order chi connectivity index (χ0) is 12.4. The molecule has 3 nitrogen and oxygen atoms in total. The van der Waals surface area contributed by atoms with Crippen LogP contribution < -0.4 is 4.90 Å². The Labute approximate surface area is 110 Å². The minimum Gasteiger partial charge on any atom is -0.481 e. The van der Waals surface area contributed by atoms with Gasteiger partial charge >= 0.3 is 5.97 Å². The summed E-state index contributed by atoms with van der Waals surface area (Å²) in [5.41, 5.74) is 0.930. The van der Waals surface area contributed by atoms with Gasteiger partial charge in [-0.25, -0.2) is 0 Å². The van der Waals surface area contributed by atoms with Gasteiger partial charge in [0.15, 0.2) is 0 Å². The average molecular weight is 274 g/mol. The van der Waals surface area contributed by atoms with Crippen LogP contribution in [0, 0.1) is 5.92 Å². The first-order chi connectivity index (χ1) is 8.08. The molecule has 1 fully saturated rings. The minimum atomic E-state index is -0.702. The fraction of sp³-hybridized carbons (Fsp3) is 0.417. The van der Waals surface area contributed by atoms with Gasteiger partial charge in [-0.15, -0.1) is 0 Å². The molecule has 0 bridgehead atoms. The molecule has 0 unspecified atom stereocenters. The lowest BCUT2D eigenvalue weighted by atomic mass is 9.97. The number of nitrogens with zero attached hydrogens (tertiary/aromatic N) is 1. The number of piperidine rings is 1. The van der Waals surface area contributed by atoms with Gasteiger partial charge in [-0.1, -0.05) is 23.2 Å². The molecule has 5 heteroatoms. The zero-order valence-electron chi connectivity index (χ0n) is 9.20. The molecular weight excluding hydrogens is 261 g/mol. The first-order valence-corrected chi connectivity index (χ1v) is 6.26. The van der Waals surface area contributed by atoms with Crippen LogP contribution in [0.4, 0.5) is 5.69 Å². The Hall–Kier alpha value is -0.930. The second-order valence-corrected chi connectivity index (χ2v) is 5.04. The number of aliphatic carboxylic acids is 1. The third-order valence-corrected chi connectivity index (χ3v) is 3.63. The molecule has 0 amide bonds. The van der Waals surface area contributed by atoms with Crippen LogP contribution in [-0.4, -0.2) is 24.2 Å². The van der Waals surface area contributed by atoms with Gasteiger partial charge in [0.05, 0.1) is 16.6 Å². The number of hydrogen-bond donors (Lipinski definition) is 1. The predicted molar refractivity (Wildman–Crippen MR) is 69.0 cm³/mol. The average Bonchev–Trinajstić information content (AvgIpc) is 2.29. The Bertz CT molecular complexity index is 429. The van der Waals surface area contributed by atoms with Gasteiger partial charge < -0.3 is 10.0 Å². The maximum atomic E-state index is 10.8. The van der Waals surface area contributed by atoms with Gasteiger partial charge in [-0.3, -0.25) is 4.79 Å². The number of carbonyl (C=O) groups is 1. The van der Waals surface area contributed by atoms with Crippen molar-refractivity contribution in [1.29, 1.82) is 0 Å². The molecule has 1 heterocycles. The van der Waals surface area contributed by atoms with Crippen LogP contribution in [0.2, 0.25) is 10.0 Å². The molecule has 1 aliphatic rings. The molecule has 92 valence electrons. The highest BCUT2D eigenvalue weighted by Gasteiger charge is 2.25. The summed E-state index contributed by atoms with van der Waals surface area (Å²) in [4.78, 5) is 13.0. The van der Waals surface area contributed by atoms with Crippen LogP contribution >= 0.6 is 23.2 Å². The van der Waals surface area contributed by atoms with Crippen molar-refractivity contribution < 1.29 is 9.90 Å². The van der Waals surface area contributed by atoms with E-state index in [2.05, 4.69) is 4.90 Å². The van der Waals surface area contributed by atoms with E-state index >= 15 is 0 Å². The maximum Gasteiger partial charge on any atom is 0.306 e. The van der Waals surface area contributed by atoms with E-state index in [0.29, 0.717) is 22.9 Å². The molecule has 0 radical (unpaired) electrons. The molecular formula is C12H13Cl2NO2. The summed E-state index contributed by atoms with van der Waals surface area (Å²) in [5.74, 6) is -0.927. The van der Waals surface area contributed by atoms with Crippen LogP contribution in [0.3, 0.4) is 0 Å². The SMILES string of the molecule is O=C(O)C1CCN(c2ccc(Cl)cc2Cl)CC1. The Morgan fingerprint density at radius 1 is 1.29 bits per heavy atom. The molecule has 0 aliphatic carbocycles. The number of rotatable bonds is 2. The van der Waals surface area contributed by atoms with Crippen LogP contribution in [-0.2, 0) is 4.79 Å². The molecule has 2 rings (SSSR count). The van der Waals surface area contributed by atoms with E-state index in [-0.39, 0.29) is 5.92 Å². The summed E-state index contributed by atoms with van der Waals surface area (Å²) < 4.78 is 0. The van der Waals surface area contributed by atoms with Crippen molar-refractivity contribution in [3.05, 3.63) is 28.2 Å². The Balaban J connectivity index is 2.08. The number of benzene rings is 1. The molecule has 0 spiro atoms. The van der Waals surface area contributed by atoms with Crippen molar-refractivity contribution in [2.45, 2.75) is 12.8 Å². The third-order valence-electron chi connectivity index (χ3n) is 3.09. The summed E-state index contributed by atoms with van der Waals surface area (Å²) >= 11 is 12.0. The first-order valence-electron chi connectivity index (χ1n) is 5.50. The number of halogens is 2. The topological polar surface area (TPSA) is 40.5 Å². The number of carboxylic acids is 1. The van der Waals surface area contributed by atoms with E-state index in [1.54, 1.807) is 12.1 Å². The van der Waals surface area contributed by atoms with Crippen molar-refractivity contribution in [3.8, 4) is 0 Å². The minimum absolute atomic E-state index is 0.225. The molecule has 1 aliphatic heterocycles. The summed E-state index contributed by atoms with van der Waals surface area (Å²) in [6, 6.07) is 5.39. The van der Waals surface area contributed by atoms with Crippen molar-refractivity contribution in [2.75, 3.05) is 18.0 Å². The third kappa shape index (κ3) is 2.85. The molecule has 17 heavy (non-hydrogen) atoms. The van der Waals surface area contributed by atoms with Crippen LogP contribution in [0.1, 0.15) is 12.8 Å². The second-order valence-electron chi connectivity index (χ2n) is 4.20. The molecule has 1 N–H and O–H groups in total. The highest BCUT2D eigenvalue weighted by Crippen LogP contribution is 2.31. The molecule has 1 saturated heterocycles. The highest BCUT2D eigenvalue weighted by molar-refractivity contribution is 6.36. The smallest absolute Gasteiger partial charge is 0.306 e. The van der Waals surface area contributed by atoms with Crippen molar-refractivity contribution in [3.63, 3.8) is 0 Å². The van der Waals surface area contributed by atoms with E-state index in [1.165, 1.54) is 0 Å². The lowest BCUT2D eigenvalue weighted by molar-refractivity contribution is -0.142. The van der Waals surface area contributed by atoms with Crippen molar-refractivity contribution in [1.82, 2.24) is 0 Å². The fourth-order valence-corrected chi connectivity index (χ4v) is 2.63. The summed E-state index contributed by atoms with van der Waals surface area (Å²) in [7, 11) is 0. The van der Waals surface area contributed by atoms with Crippen molar-refractivity contribution in [2.24, 2.45) is 5.92 Å². The van der Waals surface area contributed by atoms with Gasteiger partial charge in [-0.05, 0) is 31.0 Å². The van der Waals surface area contributed by atoms with Gasteiger partial charge in [0, 0.05) is 18.1 Å². The number of hydrogen-bond acceptors (Lipinski definition) is 2. The zero-order valence-corrected chi connectivity index (χ0v) is 10.7. The normalized spacial score (nSPS) is 17.2. The van der Waals surface area contributed by atoms with Crippen molar-refractivity contribution >= 4 is 34.9 Å². The molecule has 0 saturated carbocycles. The van der Waals surface area contributed by atoms with E-state index in [0.717, 1.165) is 18.8 Å². The second kappa shape index (κ2) is 5.15. The van der Waals surface area contributed by atoms with Gasteiger partial charge in [0.25, 0.3) is 0 Å². The van der Waals surface area contributed by atoms with E-state index in [4.69, 9.17) is 28.3 Å².